The highest BCUT2D eigenvalue weighted by atomic mass is 19.1. The third-order valence-corrected chi connectivity index (χ3v) is 4.31. The molecule has 2 aliphatic rings. The van der Waals surface area contributed by atoms with Crippen LogP contribution in [0, 0.1) is 30.5 Å². The van der Waals surface area contributed by atoms with Crippen LogP contribution in [0.4, 0.5) is 4.39 Å². The zero-order valence-corrected chi connectivity index (χ0v) is 9.49. The minimum absolute atomic E-state index is 0.261. The number of rotatable bonds is 2. The molecule has 2 aliphatic carbocycles. The highest BCUT2D eigenvalue weighted by Gasteiger charge is 2.56. The molecule has 0 bridgehead atoms. The topological polar surface area (TPSA) is 20.2 Å². The van der Waals surface area contributed by atoms with Crippen molar-refractivity contribution in [2.75, 3.05) is 0 Å². The van der Waals surface area contributed by atoms with Gasteiger partial charge in [-0.05, 0) is 43.6 Å². The van der Waals surface area contributed by atoms with Gasteiger partial charge in [0, 0.05) is 5.56 Å². The summed E-state index contributed by atoms with van der Waals surface area (Å²) in [6.45, 7) is 1.93. The predicted octanol–water partition coefficient (Wildman–Crippen LogP) is 3.21. The summed E-state index contributed by atoms with van der Waals surface area (Å²) in [6.07, 6.45) is 3.14. The lowest BCUT2D eigenvalue weighted by molar-refractivity contribution is 0.133. The Labute approximate surface area is 95.3 Å². The summed E-state index contributed by atoms with van der Waals surface area (Å²) in [5, 5.41) is 10.2. The molecule has 3 rings (SSSR count). The maximum Gasteiger partial charge on any atom is 0.129 e. The van der Waals surface area contributed by atoms with Crippen LogP contribution in [0.5, 0.6) is 0 Å². The van der Waals surface area contributed by atoms with E-state index in [0.29, 0.717) is 23.3 Å². The third-order valence-electron chi connectivity index (χ3n) is 4.31. The van der Waals surface area contributed by atoms with E-state index in [2.05, 4.69) is 0 Å². The van der Waals surface area contributed by atoms with Crippen molar-refractivity contribution in [3.63, 3.8) is 0 Å². The molecule has 0 aromatic heterocycles. The van der Waals surface area contributed by atoms with Crippen molar-refractivity contribution in [2.45, 2.75) is 32.3 Å². The molecule has 2 fully saturated rings. The molecule has 86 valence electrons. The lowest BCUT2D eigenvalue weighted by Gasteiger charge is -2.14. The quantitative estimate of drug-likeness (QED) is 0.811. The Morgan fingerprint density at radius 1 is 1.31 bits per heavy atom. The maximum atomic E-state index is 13.6. The molecule has 2 heteroatoms. The van der Waals surface area contributed by atoms with Crippen LogP contribution in [0.3, 0.4) is 0 Å². The van der Waals surface area contributed by atoms with Crippen molar-refractivity contribution in [1.29, 1.82) is 0 Å². The summed E-state index contributed by atoms with van der Waals surface area (Å²) in [6, 6.07) is 5.00. The first-order valence-corrected chi connectivity index (χ1v) is 6.12. The molecular formula is C14H17FO. The lowest BCUT2D eigenvalue weighted by atomic mass is 9.98. The predicted molar refractivity (Wildman–Crippen MR) is 60.4 cm³/mol. The van der Waals surface area contributed by atoms with E-state index >= 15 is 0 Å². The van der Waals surface area contributed by atoms with Crippen molar-refractivity contribution >= 4 is 0 Å². The number of fused-ring (bicyclic) bond motifs is 1. The number of aryl methyl sites for hydroxylation is 1. The van der Waals surface area contributed by atoms with Gasteiger partial charge in [-0.15, -0.1) is 0 Å². The van der Waals surface area contributed by atoms with E-state index in [0.717, 1.165) is 5.56 Å². The molecule has 0 heterocycles. The average Bonchev–Trinajstić information content (AvgIpc) is 2.74. The monoisotopic (exact) mass is 220 g/mol. The molecule has 16 heavy (non-hydrogen) atoms. The summed E-state index contributed by atoms with van der Waals surface area (Å²) in [5.74, 6) is 1.39. The van der Waals surface area contributed by atoms with Crippen LogP contribution in [0.2, 0.25) is 0 Å². The van der Waals surface area contributed by atoms with Gasteiger partial charge in [0.15, 0.2) is 0 Å². The van der Waals surface area contributed by atoms with Gasteiger partial charge in [-0.2, -0.15) is 0 Å². The van der Waals surface area contributed by atoms with E-state index in [1.165, 1.54) is 25.3 Å². The molecule has 0 amide bonds. The Kier molecular flexibility index (Phi) is 2.28. The van der Waals surface area contributed by atoms with Gasteiger partial charge in [-0.1, -0.05) is 24.1 Å². The normalized spacial score (nSPS) is 33.6. The molecule has 0 spiro atoms. The molecule has 1 N–H and O–H groups in total. The Morgan fingerprint density at radius 3 is 2.69 bits per heavy atom. The highest BCUT2D eigenvalue weighted by molar-refractivity contribution is 5.28. The smallest absolute Gasteiger partial charge is 0.129 e. The molecule has 0 saturated heterocycles. The third kappa shape index (κ3) is 1.47. The van der Waals surface area contributed by atoms with Crippen molar-refractivity contribution < 1.29 is 9.50 Å². The van der Waals surface area contributed by atoms with Gasteiger partial charge in [0.25, 0.3) is 0 Å². The first kappa shape index (κ1) is 10.3. The highest BCUT2D eigenvalue weighted by Crippen LogP contribution is 2.62. The molecular weight excluding hydrogens is 203 g/mol. The zero-order chi connectivity index (χ0) is 11.3. The van der Waals surface area contributed by atoms with Gasteiger partial charge in [0.2, 0.25) is 0 Å². The van der Waals surface area contributed by atoms with E-state index in [9.17, 15) is 9.50 Å². The van der Waals surface area contributed by atoms with E-state index in [-0.39, 0.29) is 5.82 Å². The molecule has 0 radical (unpaired) electrons. The fraction of sp³-hybridized carbons (Fsp3) is 0.571. The molecule has 0 aliphatic heterocycles. The lowest BCUT2D eigenvalue weighted by Crippen LogP contribution is -2.07. The second-order valence-electron chi connectivity index (χ2n) is 5.31. The Bertz CT molecular complexity index is 405. The van der Waals surface area contributed by atoms with E-state index < -0.39 is 6.10 Å². The number of halogens is 1. The maximum absolute atomic E-state index is 13.6. The van der Waals surface area contributed by atoms with Gasteiger partial charge in [0.05, 0.1) is 6.10 Å². The van der Waals surface area contributed by atoms with Gasteiger partial charge in [-0.3, -0.25) is 0 Å². The number of aliphatic hydroxyl groups is 1. The van der Waals surface area contributed by atoms with E-state index in [1.807, 2.05) is 6.92 Å². The summed E-state index contributed by atoms with van der Waals surface area (Å²) in [5.41, 5.74) is 1.51. The van der Waals surface area contributed by atoms with Crippen molar-refractivity contribution in [2.24, 2.45) is 17.8 Å². The Hall–Kier alpha value is -0.890. The summed E-state index contributed by atoms with van der Waals surface area (Å²) in [4.78, 5) is 0. The van der Waals surface area contributed by atoms with Crippen LogP contribution < -0.4 is 0 Å². The number of hydrogen-bond donors (Lipinski definition) is 1. The van der Waals surface area contributed by atoms with Crippen molar-refractivity contribution in [3.05, 3.63) is 35.1 Å². The largest absolute Gasteiger partial charge is 0.388 e. The Morgan fingerprint density at radius 2 is 2.00 bits per heavy atom. The summed E-state index contributed by atoms with van der Waals surface area (Å²) < 4.78 is 13.6. The molecule has 1 nitrogen and oxygen atoms in total. The van der Waals surface area contributed by atoms with Gasteiger partial charge >= 0.3 is 0 Å². The zero-order valence-electron chi connectivity index (χ0n) is 9.49. The molecule has 2 saturated carbocycles. The van der Waals surface area contributed by atoms with Crippen LogP contribution in [-0.2, 0) is 0 Å². The van der Waals surface area contributed by atoms with E-state index in [1.54, 1.807) is 12.1 Å². The summed E-state index contributed by atoms with van der Waals surface area (Å²) in [7, 11) is 0. The number of hydrogen-bond acceptors (Lipinski definition) is 1. The Balaban J connectivity index is 1.84. The van der Waals surface area contributed by atoms with Gasteiger partial charge in [-0.25, -0.2) is 4.39 Å². The molecule has 1 aromatic rings. The van der Waals surface area contributed by atoms with Crippen LogP contribution in [-0.4, -0.2) is 5.11 Å². The SMILES string of the molecule is Cc1ccc(F)c(C(O)C2C3CCCC32)c1. The van der Waals surface area contributed by atoms with Gasteiger partial charge < -0.3 is 5.11 Å². The van der Waals surface area contributed by atoms with Crippen LogP contribution in [0.15, 0.2) is 18.2 Å². The first-order valence-electron chi connectivity index (χ1n) is 6.12. The second-order valence-corrected chi connectivity index (χ2v) is 5.31. The van der Waals surface area contributed by atoms with Gasteiger partial charge in [0.1, 0.15) is 5.82 Å². The summed E-state index contributed by atoms with van der Waals surface area (Å²) >= 11 is 0. The average molecular weight is 220 g/mol. The number of benzene rings is 1. The first-order chi connectivity index (χ1) is 7.68. The standard InChI is InChI=1S/C14H17FO/c1-8-5-6-12(15)11(7-8)14(16)13-9-3-2-4-10(9)13/h5-7,9-10,13-14,16H,2-4H2,1H3. The van der Waals surface area contributed by atoms with E-state index in [4.69, 9.17) is 0 Å². The fourth-order valence-electron chi connectivity index (χ4n) is 3.44. The second kappa shape index (κ2) is 3.56. The van der Waals surface area contributed by atoms with Crippen LogP contribution in [0.1, 0.15) is 36.5 Å². The van der Waals surface area contributed by atoms with Crippen LogP contribution >= 0.6 is 0 Å². The minimum Gasteiger partial charge on any atom is -0.388 e. The molecule has 3 atom stereocenters. The molecule has 3 unspecified atom stereocenters. The fourth-order valence-corrected chi connectivity index (χ4v) is 3.44. The molecule has 1 aromatic carbocycles. The minimum atomic E-state index is -0.588. The van der Waals surface area contributed by atoms with Crippen molar-refractivity contribution in [1.82, 2.24) is 0 Å². The van der Waals surface area contributed by atoms with Crippen LogP contribution in [0.25, 0.3) is 0 Å². The number of aliphatic hydroxyl groups excluding tert-OH is 1. The van der Waals surface area contributed by atoms with Crippen molar-refractivity contribution in [3.8, 4) is 0 Å².